The molecule has 3 aromatic heterocycles. The second-order valence-corrected chi connectivity index (χ2v) is 7.23. The second kappa shape index (κ2) is 6.83. The van der Waals surface area contributed by atoms with Crippen LogP contribution in [0.5, 0.6) is 11.6 Å². The smallest absolute Gasteiger partial charge is 0.233 e. The number of pyridine rings is 1. The Balaban J connectivity index is 1.66. The first-order chi connectivity index (χ1) is 14.1. The Bertz CT molecular complexity index is 1380. The first kappa shape index (κ1) is 17.6. The van der Waals surface area contributed by atoms with E-state index in [0.29, 0.717) is 27.7 Å². The van der Waals surface area contributed by atoms with E-state index < -0.39 is 0 Å². The van der Waals surface area contributed by atoms with Crippen LogP contribution < -0.4 is 4.74 Å². The number of benzene rings is 2. The molecule has 7 heteroatoms. The molecular formula is C22H16ClN5O. The zero-order valence-corrected chi connectivity index (χ0v) is 16.6. The van der Waals surface area contributed by atoms with Gasteiger partial charge < -0.3 is 4.74 Å². The number of nitrogens with zero attached hydrogens (tertiary/aromatic N) is 5. The average molecular weight is 402 g/mol. The maximum absolute atomic E-state index is 6.25. The molecule has 0 aliphatic carbocycles. The maximum atomic E-state index is 6.25. The minimum atomic E-state index is 0.433. The van der Waals surface area contributed by atoms with Crippen LogP contribution >= 0.6 is 11.6 Å². The summed E-state index contributed by atoms with van der Waals surface area (Å²) in [4.78, 5) is 13.3. The summed E-state index contributed by atoms with van der Waals surface area (Å²) in [7, 11) is 0. The van der Waals surface area contributed by atoms with Crippen LogP contribution in [0.15, 0.2) is 61.2 Å². The molecule has 0 saturated carbocycles. The van der Waals surface area contributed by atoms with Crippen molar-refractivity contribution in [3.05, 3.63) is 77.3 Å². The molecule has 0 amide bonds. The van der Waals surface area contributed by atoms with Crippen molar-refractivity contribution in [1.82, 2.24) is 24.7 Å². The van der Waals surface area contributed by atoms with Crippen LogP contribution in [0.4, 0.5) is 0 Å². The Kier molecular flexibility index (Phi) is 4.14. The van der Waals surface area contributed by atoms with Crippen molar-refractivity contribution >= 4 is 33.5 Å². The number of aromatic nitrogens is 5. The fourth-order valence-corrected chi connectivity index (χ4v) is 3.50. The lowest BCUT2D eigenvalue weighted by atomic mass is 10.1. The Morgan fingerprint density at radius 3 is 2.72 bits per heavy atom. The van der Waals surface area contributed by atoms with Crippen LogP contribution in [-0.4, -0.2) is 24.7 Å². The molecule has 0 unspecified atom stereocenters. The van der Waals surface area contributed by atoms with Crippen molar-refractivity contribution in [3.8, 4) is 17.3 Å². The molecule has 0 N–H and O–H groups in total. The van der Waals surface area contributed by atoms with Crippen LogP contribution in [-0.2, 0) is 0 Å². The number of hydrogen-bond donors (Lipinski definition) is 0. The highest BCUT2D eigenvalue weighted by Crippen LogP contribution is 2.34. The number of ether oxygens (including phenoxy) is 1. The van der Waals surface area contributed by atoms with Gasteiger partial charge in [-0.3, -0.25) is 4.98 Å². The summed E-state index contributed by atoms with van der Waals surface area (Å²) in [5, 5.41) is 6.86. The fourth-order valence-electron chi connectivity index (χ4n) is 3.34. The van der Waals surface area contributed by atoms with Gasteiger partial charge in [-0.25, -0.2) is 14.6 Å². The average Bonchev–Trinajstić information content (AvgIpc) is 3.17. The van der Waals surface area contributed by atoms with E-state index in [-0.39, 0.29) is 0 Å². The Hall–Kier alpha value is -3.51. The molecule has 0 saturated heterocycles. The molecule has 0 aliphatic heterocycles. The molecule has 142 valence electrons. The van der Waals surface area contributed by atoms with Crippen LogP contribution in [0.1, 0.15) is 11.1 Å². The highest BCUT2D eigenvalue weighted by Gasteiger charge is 2.16. The molecule has 0 atom stereocenters. The molecule has 0 spiro atoms. The van der Waals surface area contributed by atoms with Crippen molar-refractivity contribution in [2.75, 3.05) is 0 Å². The monoisotopic (exact) mass is 401 g/mol. The summed E-state index contributed by atoms with van der Waals surface area (Å²) in [5.74, 6) is 1.11. The van der Waals surface area contributed by atoms with Gasteiger partial charge in [0.15, 0.2) is 11.4 Å². The lowest BCUT2D eigenvalue weighted by molar-refractivity contribution is 0.469. The van der Waals surface area contributed by atoms with Gasteiger partial charge in [0.2, 0.25) is 5.88 Å². The Morgan fingerprint density at radius 2 is 1.83 bits per heavy atom. The second-order valence-electron chi connectivity index (χ2n) is 6.79. The third kappa shape index (κ3) is 2.98. The molecule has 29 heavy (non-hydrogen) atoms. The molecule has 6 nitrogen and oxygen atoms in total. The van der Waals surface area contributed by atoms with Gasteiger partial charge in [-0.2, -0.15) is 5.10 Å². The number of halogens is 1. The molecule has 5 rings (SSSR count). The summed E-state index contributed by atoms with van der Waals surface area (Å²) >= 11 is 6.19. The third-order valence-electron chi connectivity index (χ3n) is 4.85. The summed E-state index contributed by atoms with van der Waals surface area (Å²) in [5.41, 5.74) is 4.30. The lowest BCUT2D eigenvalue weighted by Gasteiger charge is -2.11. The quantitative estimate of drug-likeness (QED) is 0.403. The van der Waals surface area contributed by atoms with Gasteiger partial charge in [0.1, 0.15) is 17.2 Å². The van der Waals surface area contributed by atoms with E-state index in [0.717, 1.165) is 27.7 Å². The Labute approximate surface area is 171 Å². The van der Waals surface area contributed by atoms with Gasteiger partial charge in [0.25, 0.3) is 0 Å². The molecule has 3 heterocycles. The minimum Gasteiger partial charge on any atom is -0.436 e. The van der Waals surface area contributed by atoms with Gasteiger partial charge in [-0.05, 0) is 43.2 Å². The molecule has 0 radical (unpaired) electrons. The summed E-state index contributed by atoms with van der Waals surface area (Å²) in [6, 6.07) is 13.6. The van der Waals surface area contributed by atoms with Gasteiger partial charge in [-0.15, -0.1) is 0 Å². The fraction of sp³-hybridized carbons (Fsp3) is 0.0909. The molecular weight excluding hydrogens is 386 g/mol. The first-order valence-electron chi connectivity index (χ1n) is 9.09. The molecule has 2 aromatic carbocycles. The van der Waals surface area contributed by atoms with Crippen LogP contribution in [0.2, 0.25) is 5.02 Å². The number of hydrogen-bond acceptors (Lipinski definition) is 5. The van der Waals surface area contributed by atoms with E-state index in [1.807, 2.05) is 56.3 Å². The molecule has 5 aromatic rings. The highest BCUT2D eigenvalue weighted by molar-refractivity contribution is 6.30. The van der Waals surface area contributed by atoms with E-state index in [1.165, 1.54) is 6.33 Å². The van der Waals surface area contributed by atoms with Gasteiger partial charge in [-0.1, -0.05) is 35.9 Å². The topological polar surface area (TPSA) is 65.7 Å². The summed E-state index contributed by atoms with van der Waals surface area (Å²) in [6.07, 6.45) is 4.94. The SMILES string of the molecule is Cc1ccc(Cl)cc1-n1ncc2c(Oc3c(C)ccc4cccnc34)ncnc21. The zero-order chi connectivity index (χ0) is 20.0. The van der Waals surface area contributed by atoms with E-state index in [4.69, 9.17) is 16.3 Å². The van der Waals surface area contributed by atoms with Crippen molar-refractivity contribution in [2.24, 2.45) is 0 Å². The number of rotatable bonds is 3. The normalized spacial score (nSPS) is 11.3. The Morgan fingerprint density at radius 1 is 0.966 bits per heavy atom. The molecule has 0 fully saturated rings. The van der Waals surface area contributed by atoms with E-state index in [1.54, 1.807) is 17.1 Å². The number of fused-ring (bicyclic) bond motifs is 2. The van der Waals surface area contributed by atoms with Crippen molar-refractivity contribution < 1.29 is 4.74 Å². The van der Waals surface area contributed by atoms with E-state index in [9.17, 15) is 0 Å². The zero-order valence-electron chi connectivity index (χ0n) is 15.8. The third-order valence-corrected chi connectivity index (χ3v) is 5.09. The lowest BCUT2D eigenvalue weighted by Crippen LogP contribution is -2.01. The maximum Gasteiger partial charge on any atom is 0.233 e. The van der Waals surface area contributed by atoms with E-state index in [2.05, 4.69) is 20.1 Å². The highest BCUT2D eigenvalue weighted by atomic mass is 35.5. The van der Waals surface area contributed by atoms with Crippen molar-refractivity contribution in [3.63, 3.8) is 0 Å². The van der Waals surface area contributed by atoms with Crippen molar-refractivity contribution in [2.45, 2.75) is 13.8 Å². The van der Waals surface area contributed by atoms with Gasteiger partial charge in [0.05, 0.1) is 11.9 Å². The first-order valence-corrected chi connectivity index (χ1v) is 9.47. The summed E-state index contributed by atoms with van der Waals surface area (Å²) in [6.45, 7) is 3.99. The largest absolute Gasteiger partial charge is 0.436 e. The van der Waals surface area contributed by atoms with Gasteiger partial charge in [0, 0.05) is 16.6 Å². The van der Waals surface area contributed by atoms with E-state index >= 15 is 0 Å². The minimum absolute atomic E-state index is 0.433. The van der Waals surface area contributed by atoms with Crippen LogP contribution in [0, 0.1) is 13.8 Å². The molecule has 0 aliphatic rings. The van der Waals surface area contributed by atoms with Crippen molar-refractivity contribution in [1.29, 1.82) is 0 Å². The standard InChI is InChI=1S/C22H16ClN5O/c1-13-6-8-16(23)10-18(13)28-21-17(11-27-28)22(26-12-25-21)29-20-14(2)5-7-15-4-3-9-24-19(15)20/h3-12H,1-2H3. The number of aryl methyl sites for hydroxylation is 2. The van der Waals surface area contributed by atoms with Gasteiger partial charge >= 0.3 is 0 Å². The predicted octanol–water partition coefficient (Wildman–Crippen LogP) is 5.43. The van der Waals surface area contributed by atoms with Crippen LogP contribution in [0.25, 0.3) is 27.6 Å². The molecule has 0 bridgehead atoms. The predicted molar refractivity (Wildman–Crippen MR) is 113 cm³/mol. The van der Waals surface area contributed by atoms with Crippen LogP contribution in [0.3, 0.4) is 0 Å². The summed E-state index contributed by atoms with van der Waals surface area (Å²) < 4.78 is 8.00.